The lowest BCUT2D eigenvalue weighted by Gasteiger charge is -2.28. The summed E-state index contributed by atoms with van der Waals surface area (Å²) in [7, 11) is 0. The first kappa shape index (κ1) is 12.1. The Morgan fingerprint density at radius 3 is 3.17 bits per heavy atom. The Morgan fingerprint density at radius 1 is 1.50 bits per heavy atom. The Kier molecular flexibility index (Phi) is 3.37. The molecule has 0 aromatic carbocycles. The Bertz CT molecular complexity index is 533. The molecule has 18 heavy (non-hydrogen) atoms. The second-order valence-corrected chi connectivity index (χ2v) is 5.91. The Hall–Kier alpha value is -0.910. The van der Waals surface area contributed by atoms with Gasteiger partial charge in [-0.15, -0.1) is 11.3 Å². The molecule has 5 heteroatoms. The molecule has 3 rings (SSSR count). The van der Waals surface area contributed by atoms with Gasteiger partial charge in [0.1, 0.15) is 0 Å². The van der Waals surface area contributed by atoms with Crippen LogP contribution >= 0.6 is 11.3 Å². The van der Waals surface area contributed by atoms with Crippen LogP contribution in [0.3, 0.4) is 0 Å². The number of nitrogens with one attached hydrogen (secondary N) is 1. The predicted octanol–water partition coefficient (Wildman–Crippen LogP) is 2.10. The number of aryl methyl sites for hydroxylation is 1. The van der Waals surface area contributed by atoms with Crippen molar-refractivity contribution in [2.24, 2.45) is 0 Å². The zero-order valence-corrected chi connectivity index (χ0v) is 11.4. The summed E-state index contributed by atoms with van der Waals surface area (Å²) in [4.78, 5) is 5.58. The summed E-state index contributed by atoms with van der Waals surface area (Å²) in [6.07, 6.45) is 6.25. The lowest BCUT2D eigenvalue weighted by atomic mass is 9.92. The van der Waals surface area contributed by atoms with Crippen LogP contribution in [0.5, 0.6) is 0 Å². The minimum Gasteiger partial charge on any atom is -0.392 e. The van der Waals surface area contributed by atoms with Crippen LogP contribution in [0, 0.1) is 6.92 Å². The maximum Gasteiger partial charge on any atom is 0.194 e. The van der Waals surface area contributed by atoms with Crippen molar-refractivity contribution in [3.63, 3.8) is 0 Å². The lowest BCUT2D eigenvalue weighted by molar-refractivity contribution is 0.0900. The van der Waals surface area contributed by atoms with E-state index in [-0.39, 0.29) is 12.1 Å². The molecular formula is C13H19N3OS. The molecule has 98 valence electrons. The van der Waals surface area contributed by atoms with Gasteiger partial charge in [-0.3, -0.25) is 4.40 Å². The molecule has 1 saturated carbocycles. The van der Waals surface area contributed by atoms with E-state index in [1.807, 2.05) is 6.92 Å². The van der Waals surface area contributed by atoms with Crippen molar-refractivity contribution in [3.8, 4) is 0 Å². The second kappa shape index (κ2) is 4.99. The van der Waals surface area contributed by atoms with E-state index in [4.69, 9.17) is 0 Å². The van der Waals surface area contributed by atoms with E-state index >= 15 is 0 Å². The van der Waals surface area contributed by atoms with Crippen molar-refractivity contribution in [2.75, 3.05) is 0 Å². The molecule has 1 aliphatic carbocycles. The Morgan fingerprint density at radius 2 is 2.33 bits per heavy atom. The van der Waals surface area contributed by atoms with Gasteiger partial charge in [0.15, 0.2) is 4.96 Å². The number of aromatic nitrogens is 2. The van der Waals surface area contributed by atoms with Gasteiger partial charge in [0, 0.05) is 24.2 Å². The van der Waals surface area contributed by atoms with Gasteiger partial charge >= 0.3 is 0 Å². The summed E-state index contributed by atoms with van der Waals surface area (Å²) in [5, 5.41) is 15.5. The van der Waals surface area contributed by atoms with Crippen molar-refractivity contribution in [1.29, 1.82) is 0 Å². The molecule has 2 unspecified atom stereocenters. The standard InChI is InChI=1S/C13H19N3OS/c1-9-11(16-6-7-18-13(16)15-9)8-14-10-4-2-3-5-12(10)17/h6-7,10,12,14,17H,2-5,8H2,1H3. The number of nitrogens with zero attached hydrogens (tertiary/aromatic N) is 2. The smallest absolute Gasteiger partial charge is 0.194 e. The molecular weight excluding hydrogens is 246 g/mol. The number of hydrogen-bond acceptors (Lipinski definition) is 4. The quantitative estimate of drug-likeness (QED) is 0.893. The molecule has 0 bridgehead atoms. The summed E-state index contributed by atoms with van der Waals surface area (Å²) in [5.74, 6) is 0. The van der Waals surface area contributed by atoms with Crippen LogP contribution in [0.1, 0.15) is 37.1 Å². The molecule has 2 aromatic heterocycles. The van der Waals surface area contributed by atoms with E-state index in [1.54, 1.807) is 11.3 Å². The van der Waals surface area contributed by atoms with Crippen molar-refractivity contribution in [1.82, 2.24) is 14.7 Å². The van der Waals surface area contributed by atoms with Crippen LogP contribution in [-0.4, -0.2) is 26.6 Å². The first-order valence-corrected chi connectivity index (χ1v) is 7.46. The molecule has 2 heterocycles. The average Bonchev–Trinajstić information content (AvgIpc) is 2.90. The van der Waals surface area contributed by atoms with Crippen molar-refractivity contribution >= 4 is 16.3 Å². The van der Waals surface area contributed by atoms with Crippen LogP contribution in [0.15, 0.2) is 11.6 Å². The third kappa shape index (κ3) is 2.18. The third-order valence-electron chi connectivity index (χ3n) is 3.82. The summed E-state index contributed by atoms with van der Waals surface area (Å²) in [6, 6.07) is 0.238. The van der Waals surface area contributed by atoms with Gasteiger partial charge in [-0.1, -0.05) is 12.8 Å². The molecule has 1 aliphatic rings. The van der Waals surface area contributed by atoms with Gasteiger partial charge in [-0.25, -0.2) is 4.98 Å². The van der Waals surface area contributed by atoms with Crippen LogP contribution in [0.2, 0.25) is 0 Å². The van der Waals surface area contributed by atoms with Gasteiger partial charge in [0.2, 0.25) is 0 Å². The summed E-state index contributed by atoms with van der Waals surface area (Å²) < 4.78 is 2.14. The maximum absolute atomic E-state index is 9.96. The van der Waals surface area contributed by atoms with Crippen LogP contribution in [0.25, 0.3) is 4.96 Å². The molecule has 4 nitrogen and oxygen atoms in total. The summed E-state index contributed by atoms with van der Waals surface area (Å²) in [5.41, 5.74) is 2.30. The van der Waals surface area contributed by atoms with E-state index in [1.165, 1.54) is 12.1 Å². The van der Waals surface area contributed by atoms with Gasteiger partial charge < -0.3 is 10.4 Å². The van der Waals surface area contributed by atoms with Gasteiger partial charge in [-0.2, -0.15) is 0 Å². The molecule has 2 N–H and O–H groups in total. The van der Waals surface area contributed by atoms with E-state index in [2.05, 4.69) is 26.3 Å². The number of thiazole rings is 1. The Labute approximate surface area is 111 Å². The first-order chi connectivity index (χ1) is 8.75. The highest BCUT2D eigenvalue weighted by Gasteiger charge is 2.23. The number of imidazole rings is 1. The molecule has 2 atom stereocenters. The molecule has 0 amide bonds. The Balaban J connectivity index is 1.72. The zero-order valence-electron chi connectivity index (χ0n) is 10.6. The highest BCUT2D eigenvalue weighted by atomic mass is 32.1. The molecule has 0 aliphatic heterocycles. The second-order valence-electron chi connectivity index (χ2n) is 5.04. The highest BCUT2D eigenvalue weighted by molar-refractivity contribution is 7.15. The lowest BCUT2D eigenvalue weighted by Crippen LogP contribution is -2.41. The van der Waals surface area contributed by atoms with Gasteiger partial charge in [0.25, 0.3) is 0 Å². The van der Waals surface area contributed by atoms with Crippen LogP contribution < -0.4 is 5.32 Å². The largest absolute Gasteiger partial charge is 0.392 e. The number of fused-ring (bicyclic) bond motifs is 1. The number of rotatable bonds is 3. The topological polar surface area (TPSA) is 49.6 Å². The maximum atomic E-state index is 9.96. The number of aliphatic hydroxyl groups is 1. The van der Waals surface area contributed by atoms with E-state index in [0.717, 1.165) is 36.5 Å². The highest BCUT2D eigenvalue weighted by Crippen LogP contribution is 2.20. The summed E-state index contributed by atoms with van der Waals surface area (Å²) >= 11 is 1.66. The fraction of sp³-hybridized carbons (Fsp3) is 0.615. The zero-order chi connectivity index (χ0) is 12.5. The molecule has 0 spiro atoms. The van der Waals surface area contributed by atoms with Gasteiger partial charge in [0.05, 0.1) is 17.5 Å². The van der Waals surface area contributed by atoms with E-state index in [0.29, 0.717) is 0 Å². The number of hydrogen-bond donors (Lipinski definition) is 2. The van der Waals surface area contributed by atoms with E-state index in [9.17, 15) is 5.11 Å². The molecule has 1 fully saturated rings. The monoisotopic (exact) mass is 265 g/mol. The van der Waals surface area contributed by atoms with Gasteiger partial charge in [-0.05, 0) is 19.8 Å². The molecule has 0 saturated heterocycles. The number of aliphatic hydroxyl groups excluding tert-OH is 1. The third-order valence-corrected chi connectivity index (χ3v) is 4.58. The summed E-state index contributed by atoms with van der Waals surface area (Å²) in [6.45, 7) is 2.83. The van der Waals surface area contributed by atoms with Crippen molar-refractivity contribution in [3.05, 3.63) is 23.0 Å². The van der Waals surface area contributed by atoms with E-state index < -0.39 is 0 Å². The normalized spacial score (nSPS) is 24.8. The van der Waals surface area contributed by atoms with Crippen molar-refractivity contribution in [2.45, 2.75) is 51.3 Å². The molecule has 0 radical (unpaired) electrons. The minimum absolute atomic E-state index is 0.190. The first-order valence-electron chi connectivity index (χ1n) is 6.58. The molecule has 2 aromatic rings. The van der Waals surface area contributed by atoms with Crippen LogP contribution in [0.4, 0.5) is 0 Å². The predicted molar refractivity (Wildman–Crippen MR) is 72.9 cm³/mol. The SMILES string of the molecule is Cc1nc2sccn2c1CNC1CCCCC1O. The fourth-order valence-electron chi connectivity index (χ4n) is 2.73. The fourth-order valence-corrected chi connectivity index (χ4v) is 3.51. The van der Waals surface area contributed by atoms with Crippen molar-refractivity contribution < 1.29 is 5.11 Å². The van der Waals surface area contributed by atoms with Crippen LogP contribution in [-0.2, 0) is 6.54 Å². The average molecular weight is 265 g/mol. The minimum atomic E-state index is -0.190.